The van der Waals surface area contributed by atoms with E-state index in [2.05, 4.69) is 21.5 Å². The van der Waals surface area contributed by atoms with Crippen molar-refractivity contribution in [3.63, 3.8) is 0 Å². The molecule has 0 saturated carbocycles. The highest BCUT2D eigenvalue weighted by atomic mass is 35.5. The van der Waals surface area contributed by atoms with Crippen molar-refractivity contribution in [2.24, 2.45) is 0 Å². The van der Waals surface area contributed by atoms with E-state index in [1.165, 1.54) is 0 Å². The second-order valence-electron chi connectivity index (χ2n) is 5.50. The van der Waals surface area contributed by atoms with Crippen molar-refractivity contribution in [2.45, 2.75) is 6.54 Å². The molecule has 0 bridgehead atoms. The molecule has 0 atom stereocenters. The average molecular weight is 355 g/mol. The molecule has 0 fully saturated rings. The van der Waals surface area contributed by atoms with Crippen LogP contribution >= 0.6 is 11.6 Å². The monoisotopic (exact) mass is 354 g/mol. The number of nitrogens with zero attached hydrogens (tertiary/aromatic N) is 2. The lowest BCUT2D eigenvalue weighted by molar-refractivity contribution is -0.114. The van der Waals surface area contributed by atoms with Crippen molar-refractivity contribution in [3.8, 4) is 12.3 Å². The lowest BCUT2D eigenvalue weighted by Crippen LogP contribution is -2.29. The summed E-state index contributed by atoms with van der Waals surface area (Å²) >= 11 is 5.94. The van der Waals surface area contributed by atoms with Crippen LogP contribution in [0.4, 0.5) is 11.4 Å². The zero-order chi connectivity index (χ0) is 17.8. The fourth-order valence-electron chi connectivity index (χ4n) is 2.60. The van der Waals surface area contributed by atoms with Crippen molar-refractivity contribution < 1.29 is 9.59 Å². The van der Waals surface area contributed by atoms with Gasteiger partial charge in [-0.3, -0.25) is 9.59 Å². The molecule has 2 N–H and O–H groups in total. The molecule has 3 rings (SSSR count). The molecule has 1 aromatic carbocycles. The minimum absolute atomic E-state index is 0.152. The van der Waals surface area contributed by atoms with Gasteiger partial charge >= 0.3 is 0 Å². The molecule has 2 amide bonds. The second kappa shape index (κ2) is 7.24. The van der Waals surface area contributed by atoms with E-state index in [1.54, 1.807) is 30.5 Å². The van der Waals surface area contributed by atoms with Crippen LogP contribution < -0.4 is 15.5 Å². The summed E-state index contributed by atoms with van der Waals surface area (Å²) in [5.41, 5.74) is 2.75. The number of anilines is 2. The molecular formula is C18H15ClN4O2. The van der Waals surface area contributed by atoms with Crippen LogP contribution in [0, 0.1) is 12.3 Å². The minimum Gasteiger partial charge on any atom is -0.358 e. The van der Waals surface area contributed by atoms with E-state index >= 15 is 0 Å². The van der Waals surface area contributed by atoms with E-state index in [1.807, 2.05) is 11.0 Å². The van der Waals surface area contributed by atoms with Crippen LogP contribution in [-0.4, -0.2) is 29.9 Å². The van der Waals surface area contributed by atoms with E-state index in [4.69, 9.17) is 18.0 Å². The van der Waals surface area contributed by atoms with Gasteiger partial charge in [0.15, 0.2) is 0 Å². The predicted molar refractivity (Wildman–Crippen MR) is 96.5 cm³/mol. The smallest absolute Gasteiger partial charge is 0.252 e. The molecule has 0 aliphatic carbocycles. The SMILES string of the molecule is C#CCNC(=O)c1ccc2c(c1)NC(=O)CN(c1ccnc(Cl)c1)C2. The molecule has 0 spiro atoms. The van der Waals surface area contributed by atoms with Gasteiger partial charge in [0.25, 0.3) is 5.91 Å². The Hall–Kier alpha value is -3.04. The lowest BCUT2D eigenvalue weighted by Gasteiger charge is -2.21. The summed E-state index contributed by atoms with van der Waals surface area (Å²) in [6.07, 6.45) is 6.74. The molecule has 1 aromatic heterocycles. The number of aromatic nitrogens is 1. The number of benzene rings is 1. The van der Waals surface area contributed by atoms with Crippen molar-refractivity contribution >= 4 is 34.8 Å². The highest BCUT2D eigenvalue weighted by molar-refractivity contribution is 6.29. The molecule has 2 aromatic rings. The van der Waals surface area contributed by atoms with Gasteiger partial charge in [0.1, 0.15) is 5.15 Å². The predicted octanol–water partition coefficient (Wildman–Crippen LogP) is 2.06. The second-order valence-corrected chi connectivity index (χ2v) is 5.89. The number of carbonyl (C=O) groups is 2. The van der Waals surface area contributed by atoms with Crippen LogP contribution in [0.25, 0.3) is 0 Å². The summed E-state index contributed by atoms with van der Waals surface area (Å²) in [5, 5.41) is 5.81. The first-order valence-electron chi connectivity index (χ1n) is 7.58. The Bertz CT molecular complexity index is 876. The van der Waals surface area contributed by atoms with Crippen LogP contribution in [0.3, 0.4) is 0 Å². The van der Waals surface area contributed by atoms with E-state index in [0.717, 1.165) is 11.3 Å². The van der Waals surface area contributed by atoms with Crippen molar-refractivity contribution in [1.82, 2.24) is 10.3 Å². The molecule has 0 saturated heterocycles. The minimum atomic E-state index is -0.281. The van der Waals surface area contributed by atoms with Gasteiger partial charge in [-0.2, -0.15) is 0 Å². The van der Waals surface area contributed by atoms with Crippen molar-refractivity contribution in [3.05, 3.63) is 52.8 Å². The maximum Gasteiger partial charge on any atom is 0.252 e. The number of nitrogens with one attached hydrogen (secondary N) is 2. The Morgan fingerprint density at radius 3 is 2.96 bits per heavy atom. The first-order chi connectivity index (χ1) is 12.1. The quantitative estimate of drug-likeness (QED) is 0.653. The Labute approximate surface area is 150 Å². The Morgan fingerprint density at radius 2 is 2.20 bits per heavy atom. The number of fused-ring (bicyclic) bond motifs is 1. The summed E-state index contributed by atoms with van der Waals surface area (Å²) in [6.45, 7) is 0.827. The first-order valence-corrected chi connectivity index (χ1v) is 7.95. The molecule has 1 aliphatic heterocycles. The molecule has 7 heteroatoms. The highest BCUT2D eigenvalue weighted by Gasteiger charge is 2.21. The van der Waals surface area contributed by atoms with Gasteiger partial charge in [0.2, 0.25) is 5.91 Å². The lowest BCUT2D eigenvalue weighted by atomic mass is 10.1. The van der Waals surface area contributed by atoms with E-state index in [-0.39, 0.29) is 24.9 Å². The average Bonchev–Trinajstić information content (AvgIpc) is 2.76. The maximum absolute atomic E-state index is 12.2. The summed E-state index contributed by atoms with van der Waals surface area (Å²) < 4.78 is 0. The fourth-order valence-corrected chi connectivity index (χ4v) is 2.77. The molecule has 126 valence electrons. The summed E-state index contributed by atoms with van der Waals surface area (Å²) in [4.78, 5) is 30.1. The number of hydrogen-bond acceptors (Lipinski definition) is 4. The van der Waals surface area contributed by atoms with Crippen LogP contribution in [0.1, 0.15) is 15.9 Å². The van der Waals surface area contributed by atoms with E-state index < -0.39 is 0 Å². The number of hydrogen-bond donors (Lipinski definition) is 2. The maximum atomic E-state index is 12.2. The summed E-state index contributed by atoms with van der Waals surface area (Å²) in [5.74, 6) is 1.90. The molecular weight excluding hydrogens is 340 g/mol. The number of halogens is 1. The third kappa shape index (κ3) is 3.90. The number of rotatable bonds is 3. The molecule has 25 heavy (non-hydrogen) atoms. The molecule has 2 heterocycles. The standard InChI is InChI=1S/C18H15ClN4O2/c1-2-6-21-18(25)12-3-4-13-10-23(11-17(24)22-15(13)8-12)14-5-7-20-16(19)9-14/h1,3-5,7-9H,6,10-11H2,(H,21,25)(H,22,24). The largest absolute Gasteiger partial charge is 0.358 e. The summed E-state index contributed by atoms with van der Waals surface area (Å²) in [6, 6.07) is 8.69. The highest BCUT2D eigenvalue weighted by Crippen LogP contribution is 2.26. The topological polar surface area (TPSA) is 74.3 Å². The van der Waals surface area contributed by atoms with Crippen molar-refractivity contribution in [2.75, 3.05) is 23.3 Å². The zero-order valence-electron chi connectivity index (χ0n) is 13.3. The van der Waals surface area contributed by atoms with Crippen LogP contribution in [0.5, 0.6) is 0 Å². The van der Waals surface area contributed by atoms with Crippen LogP contribution in [0.2, 0.25) is 5.15 Å². The van der Waals surface area contributed by atoms with E-state index in [9.17, 15) is 9.59 Å². The van der Waals surface area contributed by atoms with Gasteiger partial charge in [-0.1, -0.05) is 23.6 Å². The van der Waals surface area contributed by atoms with Gasteiger partial charge in [0, 0.05) is 29.7 Å². The van der Waals surface area contributed by atoms with Crippen molar-refractivity contribution in [1.29, 1.82) is 0 Å². The molecule has 0 unspecified atom stereocenters. The van der Waals surface area contributed by atoms with Gasteiger partial charge in [-0.05, 0) is 29.8 Å². The van der Waals surface area contributed by atoms with Crippen LogP contribution in [0.15, 0.2) is 36.5 Å². The summed E-state index contributed by atoms with van der Waals surface area (Å²) in [7, 11) is 0. The zero-order valence-corrected chi connectivity index (χ0v) is 14.0. The number of amides is 2. The third-order valence-electron chi connectivity index (χ3n) is 3.77. The number of pyridine rings is 1. The van der Waals surface area contributed by atoms with E-state index in [0.29, 0.717) is 22.9 Å². The van der Waals surface area contributed by atoms with Gasteiger partial charge < -0.3 is 15.5 Å². The van der Waals surface area contributed by atoms with Crippen LogP contribution in [-0.2, 0) is 11.3 Å². The first kappa shape index (κ1) is 16.8. The Kier molecular flexibility index (Phi) is 4.87. The van der Waals surface area contributed by atoms with Gasteiger partial charge in [-0.25, -0.2) is 4.98 Å². The van der Waals surface area contributed by atoms with Gasteiger partial charge in [0.05, 0.1) is 13.1 Å². The fraction of sp³-hybridized carbons (Fsp3) is 0.167. The number of carbonyl (C=O) groups excluding carboxylic acids is 2. The molecule has 0 radical (unpaired) electrons. The Morgan fingerprint density at radius 1 is 1.36 bits per heavy atom. The third-order valence-corrected chi connectivity index (χ3v) is 3.97. The molecule has 1 aliphatic rings. The Balaban J connectivity index is 1.89. The number of terminal acetylenes is 1. The normalized spacial score (nSPS) is 13.3. The molecule has 6 nitrogen and oxygen atoms in total. The van der Waals surface area contributed by atoms with Gasteiger partial charge in [-0.15, -0.1) is 6.42 Å².